The average Bonchev–Trinajstić information content (AvgIpc) is 3.38. The minimum atomic E-state index is -0.336. The Morgan fingerprint density at radius 1 is 1.06 bits per heavy atom. The van der Waals surface area contributed by atoms with Gasteiger partial charge in [0, 0.05) is 24.6 Å². The molecule has 0 aliphatic rings. The minimum Gasteiger partial charge on any atom is -0.383 e. The monoisotopic (exact) mass is 454 g/mol. The number of hydrogen-bond donors (Lipinski definition) is 3. The predicted octanol–water partition coefficient (Wildman–Crippen LogP) is 3.99. The van der Waals surface area contributed by atoms with E-state index in [-0.39, 0.29) is 6.03 Å². The van der Waals surface area contributed by atoms with Crippen molar-refractivity contribution in [3.05, 3.63) is 77.9 Å². The van der Waals surface area contributed by atoms with Gasteiger partial charge in [-0.25, -0.2) is 19.7 Å². The van der Waals surface area contributed by atoms with Crippen molar-refractivity contribution < 1.29 is 9.32 Å². The molecule has 4 aromatic heterocycles. The van der Waals surface area contributed by atoms with Gasteiger partial charge in [0.05, 0.1) is 5.56 Å². The van der Waals surface area contributed by atoms with E-state index in [9.17, 15) is 4.79 Å². The number of benzene rings is 1. The van der Waals surface area contributed by atoms with Crippen LogP contribution in [-0.2, 0) is 6.54 Å². The van der Waals surface area contributed by atoms with Gasteiger partial charge in [-0.2, -0.15) is 0 Å². The molecule has 34 heavy (non-hydrogen) atoms. The molecule has 10 heteroatoms. The van der Waals surface area contributed by atoms with Gasteiger partial charge in [-0.05, 0) is 55.8 Å². The van der Waals surface area contributed by atoms with Gasteiger partial charge in [0.2, 0.25) is 0 Å². The summed E-state index contributed by atoms with van der Waals surface area (Å²) < 4.78 is 7.02. The molecule has 0 saturated carbocycles. The van der Waals surface area contributed by atoms with E-state index in [0.717, 1.165) is 22.3 Å². The van der Waals surface area contributed by atoms with Gasteiger partial charge < -0.3 is 20.9 Å². The number of fused-ring (bicyclic) bond motifs is 1. The second kappa shape index (κ2) is 8.66. The number of nitrogens with two attached hydrogens (primary N) is 1. The first-order valence-corrected chi connectivity index (χ1v) is 10.6. The summed E-state index contributed by atoms with van der Waals surface area (Å²) >= 11 is 0. The van der Waals surface area contributed by atoms with E-state index in [0.29, 0.717) is 41.0 Å². The number of urea groups is 1. The van der Waals surface area contributed by atoms with Crippen LogP contribution in [0.5, 0.6) is 0 Å². The zero-order valence-electron chi connectivity index (χ0n) is 18.6. The van der Waals surface area contributed by atoms with E-state index >= 15 is 0 Å². The highest BCUT2D eigenvalue weighted by molar-refractivity contribution is 5.90. The lowest BCUT2D eigenvalue weighted by Crippen LogP contribution is -2.28. The molecule has 0 atom stereocenters. The summed E-state index contributed by atoms with van der Waals surface area (Å²) in [6.07, 6.45) is 3.38. The highest BCUT2D eigenvalue weighted by Gasteiger charge is 2.17. The summed E-state index contributed by atoms with van der Waals surface area (Å²) in [7, 11) is 0. The van der Waals surface area contributed by atoms with Crippen molar-refractivity contribution in [1.82, 2.24) is 30.0 Å². The molecule has 0 saturated heterocycles. The van der Waals surface area contributed by atoms with Gasteiger partial charge in [0.1, 0.15) is 22.7 Å². The third-order valence-corrected chi connectivity index (χ3v) is 5.41. The zero-order valence-corrected chi connectivity index (χ0v) is 18.6. The molecule has 4 heterocycles. The normalized spacial score (nSPS) is 11.0. The van der Waals surface area contributed by atoms with Crippen LogP contribution in [0.1, 0.15) is 17.0 Å². The van der Waals surface area contributed by atoms with E-state index in [1.165, 1.54) is 0 Å². The van der Waals surface area contributed by atoms with E-state index in [4.69, 9.17) is 15.2 Å². The SMILES string of the molecule is Cc1noc(C)c1NC(=O)NCc1ccc(-n2c(-c3cccnc3N)nc3cccnc32)cc1. The molecule has 0 fully saturated rings. The van der Waals surface area contributed by atoms with E-state index in [1.807, 2.05) is 53.1 Å². The lowest BCUT2D eigenvalue weighted by Gasteiger charge is -2.11. The highest BCUT2D eigenvalue weighted by atomic mass is 16.5. The van der Waals surface area contributed by atoms with Crippen molar-refractivity contribution in [2.24, 2.45) is 0 Å². The number of pyridine rings is 2. The highest BCUT2D eigenvalue weighted by Crippen LogP contribution is 2.30. The van der Waals surface area contributed by atoms with Crippen molar-refractivity contribution in [2.45, 2.75) is 20.4 Å². The number of nitrogens with one attached hydrogen (secondary N) is 2. The fourth-order valence-corrected chi connectivity index (χ4v) is 3.71. The molecule has 2 amide bonds. The van der Waals surface area contributed by atoms with Gasteiger partial charge in [-0.15, -0.1) is 0 Å². The maximum atomic E-state index is 12.3. The van der Waals surface area contributed by atoms with Crippen LogP contribution < -0.4 is 16.4 Å². The molecule has 5 aromatic rings. The molecule has 0 aliphatic heterocycles. The maximum absolute atomic E-state index is 12.3. The van der Waals surface area contributed by atoms with Gasteiger partial charge in [0.15, 0.2) is 17.2 Å². The molecule has 5 rings (SSSR count). The third kappa shape index (κ3) is 3.92. The Labute approximate surface area is 194 Å². The molecule has 0 bridgehead atoms. The van der Waals surface area contributed by atoms with Crippen LogP contribution in [0.2, 0.25) is 0 Å². The first-order valence-electron chi connectivity index (χ1n) is 10.6. The third-order valence-electron chi connectivity index (χ3n) is 5.41. The fourth-order valence-electron chi connectivity index (χ4n) is 3.71. The Hall–Kier alpha value is -4.73. The van der Waals surface area contributed by atoms with Crippen LogP contribution in [-0.4, -0.2) is 30.7 Å². The number of nitrogen functional groups attached to an aromatic ring is 1. The number of carbonyl (C=O) groups is 1. The van der Waals surface area contributed by atoms with E-state index in [2.05, 4.69) is 25.8 Å². The van der Waals surface area contributed by atoms with Gasteiger partial charge in [-0.3, -0.25) is 4.57 Å². The number of nitrogens with zero attached hydrogens (tertiary/aromatic N) is 5. The Kier molecular flexibility index (Phi) is 5.38. The molecular formula is C24H22N8O2. The van der Waals surface area contributed by atoms with Crippen molar-refractivity contribution in [3.8, 4) is 17.1 Å². The molecular weight excluding hydrogens is 432 g/mol. The Bertz CT molecular complexity index is 1470. The van der Waals surface area contributed by atoms with Crippen LogP contribution >= 0.6 is 0 Å². The molecule has 0 aliphatic carbocycles. The summed E-state index contributed by atoms with van der Waals surface area (Å²) in [6.45, 7) is 3.87. The van der Waals surface area contributed by atoms with Crippen LogP contribution in [0, 0.1) is 13.8 Å². The van der Waals surface area contributed by atoms with Crippen molar-refractivity contribution >= 4 is 28.7 Å². The van der Waals surface area contributed by atoms with Gasteiger partial charge >= 0.3 is 6.03 Å². The predicted molar refractivity (Wildman–Crippen MR) is 128 cm³/mol. The maximum Gasteiger partial charge on any atom is 0.319 e. The van der Waals surface area contributed by atoms with E-state index < -0.39 is 0 Å². The first kappa shape index (κ1) is 21.1. The Morgan fingerprint density at radius 2 is 1.82 bits per heavy atom. The lowest BCUT2D eigenvalue weighted by atomic mass is 10.2. The van der Waals surface area contributed by atoms with Crippen LogP contribution in [0.3, 0.4) is 0 Å². The van der Waals surface area contributed by atoms with Crippen LogP contribution in [0.15, 0.2) is 65.4 Å². The molecule has 0 unspecified atom stereocenters. The summed E-state index contributed by atoms with van der Waals surface area (Å²) in [6, 6.07) is 14.9. The molecule has 170 valence electrons. The second-order valence-corrected chi connectivity index (χ2v) is 7.73. The standard InChI is InChI=1S/C24H22N8O2/c1-14-20(15(2)34-31-14)30-24(33)28-13-16-7-9-17(10-8-16)32-22(18-5-3-11-26-21(18)25)29-19-6-4-12-27-23(19)32/h3-12H,13H2,1-2H3,(H2,25,26)(H2,28,30,33). The summed E-state index contributed by atoms with van der Waals surface area (Å²) in [5.74, 6) is 1.61. The number of carbonyl (C=O) groups excluding carboxylic acids is 1. The summed E-state index contributed by atoms with van der Waals surface area (Å²) in [4.78, 5) is 25.8. The van der Waals surface area contributed by atoms with Gasteiger partial charge in [-0.1, -0.05) is 17.3 Å². The quantitative estimate of drug-likeness (QED) is 0.365. The van der Waals surface area contributed by atoms with Crippen molar-refractivity contribution in [3.63, 3.8) is 0 Å². The second-order valence-electron chi connectivity index (χ2n) is 7.73. The van der Waals surface area contributed by atoms with Crippen molar-refractivity contribution in [1.29, 1.82) is 0 Å². The Morgan fingerprint density at radius 3 is 2.56 bits per heavy atom. The number of hydrogen-bond acceptors (Lipinski definition) is 7. The number of aromatic nitrogens is 5. The number of amides is 2. The largest absolute Gasteiger partial charge is 0.383 e. The number of aryl methyl sites for hydroxylation is 2. The number of rotatable bonds is 5. The molecule has 0 spiro atoms. The number of anilines is 2. The summed E-state index contributed by atoms with van der Waals surface area (Å²) in [5.41, 5.74) is 11.3. The average molecular weight is 454 g/mol. The first-order chi connectivity index (χ1) is 16.5. The number of imidazole rings is 1. The van der Waals surface area contributed by atoms with Gasteiger partial charge in [0.25, 0.3) is 0 Å². The van der Waals surface area contributed by atoms with Crippen molar-refractivity contribution in [2.75, 3.05) is 11.1 Å². The van der Waals surface area contributed by atoms with E-state index in [1.54, 1.807) is 26.2 Å². The molecule has 1 aromatic carbocycles. The lowest BCUT2D eigenvalue weighted by molar-refractivity contribution is 0.251. The smallest absolute Gasteiger partial charge is 0.319 e. The topological polar surface area (TPSA) is 137 Å². The fraction of sp³-hybridized carbons (Fsp3) is 0.125. The summed E-state index contributed by atoms with van der Waals surface area (Å²) in [5, 5.41) is 9.45. The molecule has 4 N–H and O–H groups in total. The van der Waals surface area contributed by atoms with Crippen LogP contribution in [0.25, 0.3) is 28.2 Å². The molecule has 0 radical (unpaired) electrons. The zero-order chi connectivity index (χ0) is 23.7. The van der Waals surface area contributed by atoms with Crippen LogP contribution in [0.4, 0.5) is 16.3 Å². The molecule has 10 nitrogen and oxygen atoms in total. The Balaban J connectivity index is 1.39. The minimum absolute atomic E-state index is 0.336.